The highest BCUT2D eigenvalue weighted by atomic mass is 32.2. The Balaban J connectivity index is 2.69. The van der Waals surface area contributed by atoms with E-state index in [0.29, 0.717) is 12.8 Å². The van der Waals surface area contributed by atoms with E-state index >= 15 is 0 Å². The molecule has 0 unspecified atom stereocenters. The average molecular weight is 213 g/mol. The molecule has 1 rings (SSSR count). The number of nitrogens with zero attached hydrogens (tertiary/aromatic N) is 1. The summed E-state index contributed by atoms with van der Waals surface area (Å²) in [6.45, 7) is 0.485. The van der Waals surface area contributed by atoms with Crippen LogP contribution < -0.4 is 0 Å². The van der Waals surface area contributed by atoms with Crippen LogP contribution in [0.3, 0.4) is 0 Å². The summed E-state index contributed by atoms with van der Waals surface area (Å²) in [5, 5.41) is 0. The van der Waals surface area contributed by atoms with Gasteiger partial charge in [0.25, 0.3) is 10.0 Å². The van der Waals surface area contributed by atoms with Crippen molar-refractivity contribution in [1.82, 2.24) is 4.31 Å². The second-order valence-electron chi connectivity index (χ2n) is 3.12. The van der Waals surface area contributed by atoms with Crippen LogP contribution in [-0.2, 0) is 10.0 Å². The maximum absolute atomic E-state index is 12.1. The van der Waals surface area contributed by atoms with Crippen molar-refractivity contribution in [2.45, 2.75) is 31.4 Å². The lowest BCUT2D eigenvalue weighted by molar-refractivity contribution is 0.219. The Labute approximate surface area is 76.8 Å². The third kappa shape index (κ3) is 2.60. The van der Waals surface area contributed by atoms with Crippen molar-refractivity contribution < 1.29 is 17.2 Å². The molecule has 0 radical (unpaired) electrons. The van der Waals surface area contributed by atoms with E-state index < -0.39 is 15.8 Å². The van der Waals surface area contributed by atoms with Crippen LogP contribution >= 0.6 is 0 Å². The average Bonchev–Trinajstić information content (AvgIpc) is 2.31. The van der Waals surface area contributed by atoms with E-state index in [2.05, 4.69) is 0 Å². The molecular formula is C7H13F2NO2S. The molecule has 1 aliphatic rings. The van der Waals surface area contributed by atoms with Gasteiger partial charge >= 0.3 is 5.76 Å². The first-order valence-electron chi connectivity index (χ1n) is 4.32. The molecule has 0 spiro atoms. The maximum Gasteiger partial charge on any atom is 0.350 e. The normalized spacial score (nSPS) is 21.8. The van der Waals surface area contributed by atoms with Gasteiger partial charge in [0.1, 0.15) is 0 Å². The topological polar surface area (TPSA) is 37.4 Å². The molecule has 0 bridgehead atoms. The molecule has 6 heteroatoms. The molecule has 3 nitrogen and oxygen atoms in total. The van der Waals surface area contributed by atoms with Gasteiger partial charge in [0, 0.05) is 13.1 Å². The zero-order valence-electron chi connectivity index (χ0n) is 7.25. The molecule has 0 amide bonds. The van der Waals surface area contributed by atoms with Crippen LogP contribution in [0.25, 0.3) is 0 Å². The number of hydrogen-bond donors (Lipinski definition) is 0. The lowest BCUT2D eigenvalue weighted by Gasteiger charge is -2.18. The predicted molar refractivity (Wildman–Crippen MR) is 45.0 cm³/mol. The number of halogens is 2. The molecule has 0 aromatic heterocycles. The van der Waals surface area contributed by atoms with Crippen molar-refractivity contribution >= 4 is 10.0 Å². The van der Waals surface area contributed by atoms with Crippen LogP contribution in [0.2, 0.25) is 0 Å². The van der Waals surface area contributed by atoms with Crippen LogP contribution in [0.1, 0.15) is 25.7 Å². The van der Waals surface area contributed by atoms with Crippen molar-refractivity contribution in [3.8, 4) is 0 Å². The van der Waals surface area contributed by atoms with Gasteiger partial charge in [-0.1, -0.05) is 12.8 Å². The van der Waals surface area contributed by atoms with Gasteiger partial charge in [-0.15, -0.1) is 0 Å². The van der Waals surface area contributed by atoms with Crippen LogP contribution in [0.5, 0.6) is 0 Å². The third-order valence-electron chi connectivity index (χ3n) is 2.15. The van der Waals surface area contributed by atoms with Crippen LogP contribution in [0.15, 0.2) is 0 Å². The summed E-state index contributed by atoms with van der Waals surface area (Å²) >= 11 is 0. The fourth-order valence-electron chi connectivity index (χ4n) is 1.41. The molecule has 0 aliphatic carbocycles. The Kier molecular flexibility index (Phi) is 3.61. The van der Waals surface area contributed by atoms with Crippen LogP contribution in [0, 0.1) is 0 Å². The summed E-state index contributed by atoms with van der Waals surface area (Å²) in [5.74, 6) is -3.27. The Bertz CT molecular complexity index is 245. The molecule has 1 saturated heterocycles. The first-order chi connectivity index (χ1) is 6.05. The van der Waals surface area contributed by atoms with E-state index in [-0.39, 0.29) is 13.1 Å². The minimum atomic E-state index is -4.32. The first kappa shape index (κ1) is 10.8. The molecule has 0 atom stereocenters. The number of rotatable bonds is 2. The second-order valence-corrected chi connectivity index (χ2v) is 5.02. The Morgan fingerprint density at radius 3 is 1.85 bits per heavy atom. The monoisotopic (exact) mass is 213 g/mol. The number of alkyl halides is 2. The van der Waals surface area contributed by atoms with E-state index in [1.54, 1.807) is 0 Å². The minimum Gasteiger partial charge on any atom is -0.206 e. The minimum absolute atomic E-state index is 0.243. The summed E-state index contributed by atoms with van der Waals surface area (Å²) in [5.41, 5.74) is 0. The summed E-state index contributed by atoms with van der Waals surface area (Å²) < 4.78 is 47.1. The van der Waals surface area contributed by atoms with E-state index in [4.69, 9.17) is 0 Å². The van der Waals surface area contributed by atoms with Gasteiger partial charge in [0.15, 0.2) is 0 Å². The van der Waals surface area contributed by atoms with E-state index in [1.807, 2.05) is 0 Å². The van der Waals surface area contributed by atoms with Crippen molar-refractivity contribution in [2.24, 2.45) is 0 Å². The van der Waals surface area contributed by atoms with Crippen molar-refractivity contribution in [3.05, 3.63) is 0 Å². The molecule has 0 saturated carbocycles. The van der Waals surface area contributed by atoms with Gasteiger partial charge in [-0.3, -0.25) is 0 Å². The lowest BCUT2D eigenvalue weighted by atomic mass is 10.2. The molecule has 1 aliphatic heterocycles. The summed E-state index contributed by atoms with van der Waals surface area (Å²) in [6, 6.07) is 0. The van der Waals surface area contributed by atoms with Gasteiger partial charge in [-0.25, -0.2) is 8.42 Å². The second kappa shape index (κ2) is 4.32. The molecule has 0 aromatic carbocycles. The highest BCUT2D eigenvalue weighted by Crippen LogP contribution is 2.17. The third-order valence-corrected chi connectivity index (χ3v) is 3.69. The van der Waals surface area contributed by atoms with Gasteiger partial charge in [-0.2, -0.15) is 13.1 Å². The van der Waals surface area contributed by atoms with E-state index in [9.17, 15) is 17.2 Å². The van der Waals surface area contributed by atoms with Gasteiger partial charge in [-0.05, 0) is 12.8 Å². The van der Waals surface area contributed by atoms with Gasteiger partial charge in [0.2, 0.25) is 0 Å². The first-order valence-corrected chi connectivity index (χ1v) is 5.82. The number of hydrogen-bond acceptors (Lipinski definition) is 2. The maximum atomic E-state index is 12.1. The zero-order valence-corrected chi connectivity index (χ0v) is 8.06. The summed E-state index contributed by atoms with van der Waals surface area (Å²) in [7, 11) is -4.32. The van der Waals surface area contributed by atoms with E-state index in [1.165, 1.54) is 0 Å². The summed E-state index contributed by atoms with van der Waals surface area (Å²) in [6.07, 6.45) is 3.22. The predicted octanol–water partition coefficient (Wildman–Crippen LogP) is 1.41. The smallest absolute Gasteiger partial charge is 0.206 e. The lowest BCUT2D eigenvalue weighted by Crippen LogP contribution is -2.35. The molecular weight excluding hydrogens is 200 g/mol. The van der Waals surface area contributed by atoms with Gasteiger partial charge in [0.05, 0.1) is 0 Å². The Morgan fingerprint density at radius 2 is 1.46 bits per heavy atom. The van der Waals surface area contributed by atoms with Crippen molar-refractivity contribution in [1.29, 1.82) is 0 Å². The molecule has 0 aromatic rings. The highest BCUT2D eigenvalue weighted by molar-refractivity contribution is 7.89. The van der Waals surface area contributed by atoms with Crippen molar-refractivity contribution in [3.63, 3.8) is 0 Å². The number of sulfonamides is 1. The molecule has 78 valence electrons. The standard InChI is InChI=1S/C7H13F2NO2S/c8-7(9)13(11,12)10-5-3-1-2-4-6-10/h7H,1-6H2. The van der Waals surface area contributed by atoms with Gasteiger partial charge < -0.3 is 0 Å². The fraction of sp³-hybridized carbons (Fsp3) is 1.00. The SMILES string of the molecule is O=S(=O)(C(F)F)N1CCCCCC1. The molecule has 1 fully saturated rings. The van der Waals surface area contributed by atoms with Crippen LogP contribution in [-0.4, -0.2) is 31.6 Å². The quantitative estimate of drug-likeness (QED) is 0.695. The summed E-state index contributed by atoms with van der Waals surface area (Å²) in [4.78, 5) is 0. The zero-order chi connectivity index (χ0) is 9.90. The van der Waals surface area contributed by atoms with E-state index in [0.717, 1.165) is 17.1 Å². The molecule has 1 heterocycles. The Hall–Kier alpha value is -0.230. The van der Waals surface area contributed by atoms with Crippen LogP contribution in [0.4, 0.5) is 8.78 Å². The molecule has 0 N–H and O–H groups in total. The fourth-order valence-corrected chi connectivity index (χ4v) is 2.40. The Morgan fingerprint density at radius 1 is 1.00 bits per heavy atom. The van der Waals surface area contributed by atoms with Crippen molar-refractivity contribution in [2.75, 3.05) is 13.1 Å². The highest BCUT2D eigenvalue weighted by Gasteiger charge is 2.31. The largest absolute Gasteiger partial charge is 0.350 e. The molecule has 13 heavy (non-hydrogen) atoms.